The van der Waals surface area contributed by atoms with Gasteiger partial charge in [0.2, 0.25) is 0 Å². The molecule has 160 valence electrons. The van der Waals surface area contributed by atoms with Gasteiger partial charge in [0.25, 0.3) is 5.56 Å². The first-order chi connectivity index (χ1) is 15.2. The minimum absolute atomic E-state index is 0.0153. The summed E-state index contributed by atoms with van der Waals surface area (Å²) in [5, 5.41) is 10.1. The summed E-state index contributed by atoms with van der Waals surface area (Å²) in [6.07, 6.45) is -3.19. The number of alkyl halides is 3. The summed E-state index contributed by atoms with van der Waals surface area (Å²) in [5.41, 5.74) is 0.144. The number of benzene rings is 2. The Balaban J connectivity index is 1.75. The molecule has 0 aliphatic heterocycles. The quantitative estimate of drug-likeness (QED) is 0.371. The number of aryl methyl sites for hydroxylation is 1. The molecule has 4 aromatic rings. The summed E-state index contributed by atoms with van der Waals surface area (Å²) >= 11 is 6.06. The fourth-order valence-electron chi connectivity index (χ4n) is 3.14. The number of fused-ring (bicyclic) bond motifs is 1. The Morgan fingerprint density at radius 2 is 1.97 bits per heavy atom. The second kappa shape index (κ2) is 8.02. The van der Waals surface area contributed by atoms with E-state index in [9.17, 15) is 23.2 Å². The Labute approximate surface area is 184 Å². The number of hydrogen-bond acceptors (Lipinski definition) is 4. The molecule has 0 saturated carbocycles. The van der Waals surface area contributed by atoms with Crippen molar-refractivity contribution in [1.29, 1.82) is 5.26 Å². The number of aromatic nitrogens is 2. The van der Waals surface area contributed by atoms with Gasteiger partial charge in [-0.3, -0.25) is 4.79 Å². The summed E-state index contributed by atoms with van der Waals surface area (Å²) in [6.45, 7) is 1.85. The predicted molar refractivity (Wildman–Crippen MR) is 115 cm³/mol. The van der Waals surface area contributed by atoms with Crippen LogP contribution < -0.4 is 5.56 Å². The molecule has 0 spiro atoms. The van der Waals surface area contributed by atoms with Crippen LogP contribution in [0.25, 0.3) is 33.9 Å². The number of furan rings is 1. The third kappa shape index (κ3) is 4.15. The third-order valence-electron chi connectivity index (χ3n) is 4.71. The molecular weight excluding hydrogens is 443 g/mol. The van der Waals surface area contributed by atoms with Gasteiger partial charge in [0.1, 0.15) is 17.6 Å². The Bertz CT molecular complexity index is 1480. The molecule has 0 bridgehead atoms. The lowest BCUT2D eigenvalue weighted by molar-refractivity contribution is -0.137. The van der Waals surface area contributed by atoms with Crippen LogP contribution in [0.3, 0.4) is 0 Å². The molecule has 0 radical (unpaired) electrons. The molecule has 1 N–H and O–H groups in total. The maximum absolute atomic E-state index is 13.0. The van der Waals surface area contributed by atoms with Gasteiger partial charge in [0.05, 0.1) is 27.1 Å². The van der Waals surface area contributed by atoms with Crippen LogP contribution in [0.15, 0.2) is 57.7 Å². The van der Waals surface area contributed by atoms with Crippen molar-refractivity contribution in [3.63, 3.8) is 0 Å². The number of rotatable bonds is 3. The van der Waals surface area contributed by atoms with Gasteiger partial charge in [-0.15, -0.1) is 0 Å². The van der Waals surface area contributed by atoms with E-state index in [0.29, 0.717) is 10.9 Å². The zero-order valence-electron chi connectivity index (χ0n) is 16.4. The van der Waals surface area contributed by atoms with Gasteiger partial charge >= 0.3 is 6.18 Å². The van der Waals surface area contributed by atoms with E-state index in [1.165, 1.54) is 18.2 Å². The molecule has 0 saturated heterocycles. The molecule has 0 aliphatic rings. The van der Waals surface area contributed by atoms with Gasteiger partial charge in [0.15, 0.2) is 5.82 Å². The van der Waals surface area contributed by atoms with E-state index >= 15 is 0 Å². The lowest BCUT2D eigenvalue weighted by Gasteiger charge is -2.09. The number of nitriles is 1. The van der Waals surface area contributed by atoms with Gasteiger partial charge < -0.3 is 9.40 Å². The second-order valence-electron chi connectivity index (χ2n) is 7.00. The summed E-state index contributed by atoms with van der Waals surface area (Å²) in [7, 11) is 0. The smallest absolute Gasteiger partial charge is 0.416 e. The van der Waals surface area contributed by atoms with E-state index in [2.05, 4.69) is 9.97 Å². The number of halogens is 4. The van der Waals surface area contributed by atoms with Crippen LogP contribution >= 0.6 is 11.6 Å². The van der Waals surface area contributed by atoms with Crippen molar-refractivity contribution >= 4 is 34.2 Å². The Morgan fingerprint density at radius 1 is 1.19 bits per heavy atom. The number of nitrogens with zero attached hydrogens (tertiary/aromatic N) is 2. The van der Waals surface area contributed by atoms with Crippen LogP contribution in [0, 0.1) is 18.3 Å². The number of nitrogens with one attached hydrogen (secondary N) is 1. The first-order valence-electron chi connectivity index (χ1n) is 9.25. The van der Waals surface area contributed by atoms with Gasteiger partial charge in [-0.1, -0.05) is 17.7 Å². The maximum atomic E-state index is 13.0. The standard InChI is InChI=1S/C23H13ClF3N3O2/c1-12-2-5-16-19(8-12)29-21(30-22(16)31)13(11-28)9-15-4-7-20(32-15)17-10-14(23(25,26)27)3-6-18(17)24/h2-10H,1H3,(H,29,30,31)/b13-9+. The summed E-state index contributed by atoms with van der Waals surface area (Å²) in [6, 6.07) is 13.0. The molecular formula is C23H13ClF3N3O2. The van der Waals surface area contributed by atoms with Crippen LogP contribution in [-0.4, -0.2) is 9.97 Å². The van der Waals surface area contributed by atoms with Crippen molar-refractivity contribution in [2.45, 2.75) is 13.1 Å². The van der Waals surface area contributed by atoms with Gasteiger partial charge in [0, 0.05) is 11.6 Å². The normalized spacial score (nSPS) is 12.2. The average molecular weight is 456 g/mol. The largest absolute Gasteiger partial charge is 0.457 e. The molecule has 32 heavy (non-hydrogen) atoms. The highest BCUT2D eigenvalue weighted by atomic mass is 35.5. The topological polar surface area (TPSA) is 82.7 Å². The van der Waals surface area contributed by atoms with Crippen LogP contribution in [-0.2, 0) is 6.18 Å². The molecule has 5 nitrogen and oxygen atoms in total. The molecule has 0 fully saturated rings. The lowest BCUT2D eigenvalue weighted by atomic mass is 10.1. The van der Waals surface area contributed by atoms with Crippen molar-refractivity contribution in [1.82, 2.24) is 9.97 Å². The monoisotopic (exact) mass is 455 g/mol. The molecule has 4 rings (SSSR count). The SMILES string of the molecule is Cc1ccc2c(=O)[nH]c(/C(C#N)=C/c3ccc(-c4cc(C(F)(F)F)ccc4Cl)o3)nc2c1. The fraction of sp³-hybridized carbons (Fsp3) is 0.0870. The minimum atomic E-state index is -4.53. The van der Waals surface area contributed by atoms with E-state index < -0.39 is 17.3 Å². The van der Waals surface area contributed by atoms with Gasteiger partial charge in [-0.25, -0.2) is 4.98 Å². The van der Waals surface area contributed by atoms with Crippen LogP contribution in [0.1, 0.15) is 22.7 Å². The summed E-state index contributed by atoms with van der Waals surface area (Å²) < 4.78 is 44.7. The van der Waals surface area contributed by atoms with E-state index in [-0.39, 0.29) is 33.5 Å². The van der Waals surface area contributed by atoms with Crippen LogP contribution in [0.2, 0.25) is 5.02 Å². The summed E-state index contributed by atoms with van der Waals surface area (Å²) in [5.74, 6) is 0.322. The molecule has 0 unspecified atom stereocenters. The highest BCUT2D eigenvalue weighted by Crippen LogP contribution is 2.36. The fourth-order valence-corrected chi connectivity index (χ4v) is 3.35. The first kappa shape index (κ1) is 21.4. The summed E-state index contributed by atoms with van der Waals surface area (Å²) in [4.78, 5) is 19.3. The molecule has 0 aliphatic carbocycles. The minimum Gasteiger partial charge on any atom is -0.457 e. The average Bonchev–Trinajstić information content (AvgIpc) is 3.19. The lowest BCUT2D eigenvalue weighted by Crippen LogP contribution is -2.11. The van der Waals surface area contributed by atoms with E-state index in [1.807, 2.05) is 13.0 Å². The molecule has 2 aromatic heterocycles. The Morgan fingerprint density at radius 3 is 2.69 bits per heavy atom. The molecule has 2 aromatic carbocycles. The van der Waals surface area contributed by atoms with Gasteiger partial charge in [-0.05, 0) is 55.0 Å². The van der Waals surface area contributed by atoms with Crippen molar-refractivity contribution in [3.05, 3.63) is 86.6 Å². The Hall–Kier alpha value is -3.83. The molecule has 0 atom stereocenters. The van der Waals surface area contributed by atoms with Crippen molar-refractivity contribution in [2.75, 3.05) is 0 Å². The van der Waals surface area contributed by atoms with Crippen molar-refractivity contribution in [2.24, 2.45) is 0 Å². The van der Waals surface area contributed by atoms with Crippen LogP contribution in [0.5, 0.6) is 0 Å². The van der Waals surface area contributed by atoms with Crippen LogP contribution in [0.4, 0.5) is 13.2 Å². The Kier molecular flexibility index (Phi) is 5.36. The maximum Gasteiger partial charge on any atom is 0.416 e. The number of hydrogen-bond donors (Lipinski definition) is 1. The second-order valence-corrected chi connectivity index (χ2v) is 7.41. The highest BCUT2D eigenvalue weighted by molar-refractivity contribution is 6.33. The van der Waals surface area contributed by atoms with E-state index in [1.54, 1.807) is 18.2 Å². The highest BCUT2D eigenvalue weighted by Gasteiger charge is 2.31. The van der Waals surface area contributed by atoms with Gasteiger partial charge in [-0.2, -0.15) is 18.4 Å². The number of H-pyrrole nitrogens is 1. The van der Waals surface area contributed by atoms with E-state index in [0.717, 1.165) is 23.8 Å². The number of aromatic amines is 1. The molecule has 2 heterocycles. The zero-order valence-corrected chi connectivity index (χ0v) is 17.2. The molecule has 0 amide bonds. The third-order valence-corrected chi connectivity index (χ3v) is 5.04. The number of allylic oxidation sites excluding steroid dienone is 1. The first-order valence-corrected chi connectivity index (χ1v) is 9.63. The van der Waals surface area contributed by atoms with E-state index in [4.69, 9.17) is 16.0 Å². The zero-order chi connectivity index (χ0) is 23.0. The molecule has 9 heteroatoms. The van der Waals surface area contributed by atoms with Crippen molar-refractivity contribution < 1.29 is 17.6 Å². The predicted octanol–water partition coefficient (Wildman–Crippen LogP) is 6.23. The van der Waals surface area contributed by atoms with Crippen molar-refractivity contribution in [3.8, 4) is 17.4 Å².